The third-order valence-corrected chi connectivity index (χ3v) is 4.85. The van der Waals surface area contributed by atoms with Crippen LogP contribution in [0, 0.1) is 13.8 Å². The number of aromatic nitrogens is 3. The Balaban J connectivity index is 1.65. The minimum Gasteiger partial charge on any atom is -0.493 e. The monoisotopic (exact) mass is 357 g/mol. The number of imidazole rings is 1. The van der Waals surface area contributed by atoms with Gasteiger partial charge in [-0.3, -0.25) is 4.98 Å². The SMILES string of the molecule is COCCCOc1ccnc(CSc2nc3ccc(C)cc3[nH]2)c1C. The van der Waals surface area contributed by atoms with Gasteiger partial charge in [0.05, 0.1) is 23.3 Å². The molecule has 1 N–H and O–H groups in total. The lowest BCUT2D eigenvalue weighted by atomic mass is 10.2. The van der Waals surface area contributed by atoms with E-state index in [9.17, 15) is 0 Å². The predicted molar refractivity (Wildman–Crippen MR) is 101 cm³/mol. The van der Waals surface area contributed by atoms with Crippen molar-refractivity contribution in [3.63, 3.8) is 0 Å². The van der Waals surface area contributed by atoms with Crippen molar-refractivity contribution in [3.8, 4) is 5.75 Å². The summed E-state index contributed by atoms with van der Waals surface area (Å²) >= 11 is 1.66. The molecule has 1 aromatic carbocycles. The van der Waals surface area contributed by atoms with Gasteiger partial charge in [-0.25, -0.2) is 4.98 Å². The summed E-state index contributed by atoms with van der Waals surface area (Å²) in [5, 5.41) is 0.910. The number of nitrogens with one attached hydrogen (secondary N) is 1. The zero-order valence-corrected chi connectivity index (χ0v) is 15.7. The molecule has 0 radical (unpaired) electrons. The molecule has 0 atom stereocenters. The van der Waals surface area contributed by atoms with Gasteiger partial charge in [0.1, 0.15) is 5.75 Å². The number of hydrogen-bond donors (Lipinski definition) is 1. The normalized spacial score (nSPS) is 11.2. The summed E-state index contributed by atoms with van der Waals surface area (Å²) in [5.41, 5.74) is 5.39. The zero-order chi connectivity index (χ0) is 17.6. The van der Waals surface area contributed by atoms with Crippen LogP contribution in [-0.2, 0) is 10.5 Å². The maximum atomic E-state index is 5.84. The number of methoxy groups -OCH3 is 1. The van der Waals surface area contributed by atoms with E-state index < -0.39 is 0 Å². The number of hydrogen-bond acceptors (Lipinski definition) is 5. The minimum atomic E-state index is 0.647. The van der Waals surface area contributed by atoms with Crippen LogP contribution >= 0.6 is 11.8 Å². The molecule has 0 unspecified atom stereocenters. The third kappa shape index (κ3) is 4.52. The van der Waals surface area contributed by atoms with Gasteiger partial charge in [0.15, 0.2) is 5.16 Å². The number of ether oxygens (including phenoxy) is 2. The van der Waals surface area contributed by atoms with E-state index in [0.29, 0.717) is 13.2 Å². The van der Waals surface area contributed by atoms with E-state index in [-0.39, 0.29) is 0 Å². The quantitative estimate of drug-likeness (QED) is 0.481. The molecule has 0 saturated carbocycles. The second-order valence-corrected chi connectivity index (χ2v) is 6.89. The summed E-state index contributed by atoms with van der Waals surface area (Å²) in [5.74, 6) is 1.64. The number of benzene rings is 1. The number of aromatic amines is 1. The number of thioether (sulfide) groups is 1. The van der Waals surface area contributed by atoms with Crippen molar-refractivity contribution in [2.24, 2.45) is 0 Å². The van der Waals surface area contributed by atoms with E-state index in [4.69, 9.17) is 9.47 Å². The van der Waals surface area contributed by atoms with Crippen LogP contribution in [0.3, 0.4) is 0 Å². The van der Waals surface area contributed by atoms with Gasteiger partial charge in [0, 0.05) is 37.7 Å². The van der Waals surface area contributed by atoms with E-state index in [1.807, 2.05) is 12.1 Å². The highest BCUT2D eigenvalue weighted by atomic mass is 32.2. The molecular weight excluding hydrogens is 334 g/mol. The molecule has 0 fully saturated rings. The second kappa shape index (κ2) is 8.36. The first-order valence-electron chi connectivity index (χ1n) is 8.33. The van der Waals surface area contributed by atoms with Crippen molar-refractivity contribution < 1.29 is 9.47 Å². The van der Waals surface area contributed by atoms with Gasteiger partial charge >= 0.3 is 0 Å². The fraction of sp³-hybridized carbons (Fsp3) is 0.368. The lowest BCUT2D eigenvalue weighted by Gasteiger charge is -2.11. The summed E-state index contributed by atoms with van der Waals surface area (Å²) in [6, 6.07) is 8.15. The summed E-state index contributed by atoms with van der Waals surface area (Å²) in [4.78, 5) is 12.5. The van der Waals surface area contributed by atoms with Gasteiger partial charge in [-0.15, -0.1) is 0 Å². The molecule has 0 spiro atoms. The number of rotatable bonds is 8. The van der Waals surface area contributed by atoms with Gasteiger partial charge in [0.25, 0.3) is 0 Å². The lowest BCUT2D eigenvalue weighted by molar-refractivity contribution is 0.172. The average molecular weight is 357 g/mol. The molecule has 0 bridgehead atoms. The Morgan fingerprint density at radius 2 is 2.04 bits per heavy atom. The Morgan fingerprint density at radius 1 is 1.16 bits per heavy atom. The first-order chi connectivity index (χ1) is 12.2. The van der Waals surface area contributed by atoms with E-state index in [1.165, 1.54) is 5.56 Å². The molecule has 0 amide bonds. The molecule has 2 aromatic heterocycles. The lowest BCUT2D eigenvalue weighted by Crippen LogP contribution is -2.04. The molecule has 0 aliphatic rings. The van der Waals surface area contributed by atoms with Gasteiger partial charge in [-0.05, 0) is 37.6 Å². The predicted octanol–water partition coefficient (Wildman–Crippen LogP) is 4.28. The molecule has 25 heavy (non-hydrogen) atoms. The highest BCUT2D eigenvalue weighted by molar-refractivity contribution is 7.98. The molecule has 3 rings (SSSR count). The zero-order valence-electron chi connectivity index (χ0n) is 14.8. The van der Waals surface area contributed by atoms with Crippen molar-refractivity contribution in [1.29, 1.82) is 0 Å². The molecule has 0 aliphatic heterocycles. The molecule has 6 heteroatoms. The Kier molecular flexibility index (Phi) is 5.94. The molecular formula is C19H23N3O2S. The van der Waals surface area contributed by atoms with Crippen molar-refractivity contribution in [3.05, 3.63) is 47.3 Å². The Labute approximate surface area is 152 Å². The number of H-pyrrole nitrogens is 1. The fourth-order valence-corrected chi connectivity index (χ4v) is 3.46. The van der Waals surface area contributed by atoms with Crippen LogP contribution in [0.1, 0.15) is 23.2 Å². The van der Waals surface area contributed by atoms with E-state index >= 15 is 0 Å². The van der Waals surface area contributed by atoms with Gasteiger partial charge in [0.2, 0.25) is 0 Å². The maximum absolute atomic E-state index is 5.84. The van der Waals surface area contributed by atoms with Crippen LogP contribution in [0.15, 0.2) is 35.6 Å². The van der Waals surface area contributed by atoms with Crippen LogP contribution in [0.25, 0.3) is 11.0 Å². The van der Waals surface area contributed by atoms with Crippen LogP contribution in [0.2, 0.25) is 0 Å². The highest BCUT2D eigenvalue weighted by Crippen LogP contribution is 2.27. The first-order valence-corrected chi connectivity index (χ1v) is 9.31. The Bertz CT molecular complexity index is 848. The van der Waals surface area contributed by atoms with Crippen LogP contribution in [0.4, 0.5) is 0 Å². The van der Waals surface area contributed by atoms with Crippen molar-refractivity contribution in [2.45, 2.75) is 31.2 Å². The number of fused-ring (bicyclic) bond motifs is 1. The van der Waals surface area contributed by atoms with Crippen molar-refractivity contribution >= 4 is 22.8 Å². The molecule has 0 saturated heterocycles. The van der Waals surface area contributed by atoms with Gasteiger partial charge in [-0.1, -0.05) is 17.8 Å². The summed E-state index contributed by atoms with van der Waals surface area (Å²) in [6.45, 7) is 5.49. The molecule has 0 aliphatic carbocycles. The highest BCUT2D eigenvalue weighted by Gasteiger charge is 2.09. The first kappa shape index (κ1) is 17.8. The smallest absolute Gasteiger partial charge is 0.166 e. The number of nitrogens with zero attached hydrogens (tertiary/aromatic N) is 2. The fourth-order valence-electron chi connectivity index (χ4n) is 2.55. The number of pyridine rings is 1. The van der Waals surface area contributed by atoms with Crippen LogP contribution in [-0.4, -0.2) is 35.3 Å². The molecule has 132 valence electrons. The van der Waals surface area contributed by atoms with Gasteiger partial charge in [-0.2, -0.15) is 0 Å². The Hall–Kier alpha value is -2.05. The van der Waals surface area contributed by atoms with Gasteiger partial charge < -0.3 is 14.5 Å². The van der Waals surface area contributed by atoms with E-state index in [2.05, 4.69) is 40.9 Å². The average Bonchev–Trinajstić information content (AvgIpc) is 3.01. The molecule has 3 aromatic rings. The summed E-state index contributed by atoms with van der Waals surface area (Å²) in [7, 11) is 1.70. The van der Waals surface area contributed by atoms with Crippen LogP contribution < -0.4 is 4.74 Å². The minimum absolute atomic E-state index is 0.647. The largest absolute Gasteiger partial charge is 0.493 e. The van der Waals surface area contributed by atoms with E-state index in [0.717, 1.165) is 45.4 Å². The third-order valence-electron chi connectivity index (χ3n) is 3.97. The molecule has 5 nitrogen and oxygen atoms in total. The Morgan fingerprint density at radius 3 is 2.88 bits per heavy atom. The topological polar surface area (TPSA) is 60.0 Å². The van der Waals surface area contributed by atoms with Crippen molar-refractivity contribution in [2.75, 3.05) is 20.3 Å². The van der Waals surface area contributed by atoms with Crippen molar-refractivity contribution in [1.82, 2.24) is 15.0 Å². The maximum Gasteiger partial charge on any atom is 0.166 e. The van der Waals surface area contributed by atoms with E-state index in [1.54, 1.807) is 25.1 Å². The van der Waals surface area contributed by atoms with Crippen LogP contribution in [0.5, 0.6) is 5.75 Å². The summed E-state index contributed by atoms with van der Waals surface area (Å²) < 4.78 is 10.9. The number of aryl methyl sites for hydroxylation is 1. The standard InChI is InChI=1S/C19H23N3O2S/c1-13-5-6-15-16(11-13)22-19(21-15)25-12-17-14(2)18(7-8-20-17)24-10-4-9-23-3/h5-8,11H,4,9-10,12H2,1-3H3,(H,21,22). The molecule has 2 heterocycles. The summed E-state index contributed by atoms with van der Waals surface area (Å²) in [6.07, 6.45) is 2.68. The second-order valence-electron chi connectivity index (χ2n) is 5.93.